The van der Waals surface area contributed by atoms with E-state index in [-0.39, 0.29) is 4.90 Å². The highest BCUT2D eigenvalue weighted by Gasteiger charge is 2.11. The average molecular weight is 288 g/mol. The van der Waals surface area contributed by atoms with E-state index in [1.54, 1.807) is 18.2 Å². The van der Waals surface area contributed by atoms with E-state index in [0.29, 0.717) is 0 Å². The van der Waals surface area contributed by atoms with Crippen LogP contribution in [0.5, 0.6) is 0 Å². The van der Waals surface area contributed by atoms with E-state index in [2.05, 4.69) is 9.93 Å². The van der Waals surface area contributed by atoms with Gasteiger partial charge in [-0.2, -0.15) is 13.5 Å². The lowest BCUT2D eigenvalue weighted by Gasteiger charge is -2.04. The van der Waals surface area contributed by atoms with Gasteiger partial charge >= 0.3 is 0 Å². The normalized spacial score (nSPS) is 11.7. The zero-order chi connectivity index (χ0) is 14.6. The van der Waals surface area contributed by atoms with Crippen LogP contribution in [0.2, 0.25) is 0 Å². The Morgan fingerprint density at radius 2 is 1.75 bits per heavy atom. The molecule has 2 aromatic carbocycles. The summed E-state index contributed by atoms with van der Waals surface area (Å²) in [4.78, 5) is 2.40. The predicted octanol–water partition coefficient (Wildman–Crippen LogP) is 2.62. The van der Waals surface area contributed by atoms with Gasteiger partial charge in [-0.3, -0.25) is 0 Å². The Hall–Kier alpha value is -2.14. The molecule has 0 saturated carbocycles. The number of hydrazone groups is 1. The van der Waals surface area contributed by atoms with Crippen molar-refractivity contribution in [3.05, 3.63) is 65.2 Å². The summed E-state index contributed by atoms with van der Waals surface area (Å²) in [6, 6.07) is 14.1. The van der Waals surface area contributed by atoms with Crippen molar-refractivity contribution in [2.75, 3.05) is 0 Å². The van der Waals surface area contributed by atoms with Gasteiger partial charge < -0.3 is 0 Å². The molecule has 104 valence electrons. The maximum atomic E-state index is 11.9. The molecule has 0 fully saturated rings. The minimum atomic E-state index is -3.60. The van der Waals surface area contributed by atoms with Gasteiger partial charge in [-0.25, -0.2) is 4.83 Å². The zero-order valence-corrected chi connectivity index (χ0v) is 12.2. The highest BCUT2D eigenvalue weighted by atomic mass is 32.2. The molecule has 2 aromatic rings. The van der Waals surface area contributed by atoms with Crippen molar-refractivity contribution in [3.63, 3.8) is 0 Å². The number of nitrogens with zero attached hydrogens (tertiary/aromatic N) is 1. The zero-order valence-electron chi connectivity index (χ0n) is 11.4. The molecule has 2 rings (SSSR count). The first-order chi connectivity index (χ1) is 9.49. The average Bonchev–Trinajstić information content (AvgIpc) is 2.43. The minimum absolute atomic E-state index is 0.193. The lowest BCUT2D eigenvalue weighted by Crippen LogP contribution is -2.18. The standard InChI is InChI=1S/C15H16N2O2S/c1-12-8-9-13(2)14(10-12)11-16-17-20(18,19)15-6-4-3-5-7-15/h3-11,17H,1-2H3/b16-11-. The number of rotatable bonds is 4. The summed E-state index contributed by atoms with van der Waals surface area (Å²) < 4.78 is 23.9. The minimum Gasteiger partial charge on any atom is -0.200 e. The number of sulfonamides is 1. The van der Waals surface area contributed by atoms with Gasteiger partial charge in [0, 0.05) is 0 Å². The van der Waals surface area contributed by atoms with Crippen LogP contribution in [0.15, 0.2) is 58.5 Å². The Kier molecular flexibility index (Phi) is 4.20. The van der Waals surface area contributed by atoms with E-state index in [1.807, 2.05) is 32.0 Å². The second-order valence-corrected chi connectivity index (χ2v) is 6.19. The monoisotopic (exact) mass is 288 g/mol. The predicted molar refractivity (Wildman–Crippen MR) is 80.3 cm³/mol. The van der Waals surface area contributed by atoms with Gasteiger partial charge in [0.25, 0.3) is 10.0 Å². The number of benzene rings is 2. The molecule has 0 aliphatic carbocycles. The van der Waals surface area contributed by atoms with Gasteiger partial charge in [-0.15, -0.1) is 0 Å². The summed E-state index contributed by atoms with van der Waals surface area (Å²) in [5.41, 5.74) is 3.03. The SMILES string of the molecule is Cc1ccc(C)c(/C=N\NS(=O)(=O)c2ccccc2)c1. The summed E-state index contributed by atoms with van der Waals surface area (Å²) >= 11 is 0. The second-order valence-electron chi connectivity index (χ2n) is 4.53. The molecule has 1 N–H and O–H groups in total. The molecule has 0 heterocycles. The van der Waals surface area contributed by atoms with Crippen molar-refractivity contribution >= 4 is 16.2 Å². The molecule has 0 aliphatic heterocycles. The van der Waals surface area contributed by atoms with E-state index >= 15 is 0 Å². The third kappa shape index (κ3) is 3.45. The summed E-state index contributed by atoms with van der Waals surface area (Å²) in [5, 5.41) is 3.83. The van der Waals surface area contributed by atoms with Crippen molar-refractivity contribution in [2.45, 2.75) is 18.7 Å². The van der Waals surface area contributed by atoms with Crippen LogP contribution in [-0.2, 0) is 10.0 Å². The quantitative estimate of drug-likeness (QED) is 0.694. The third-order valence-corrected chi connectivity index (χ3v) is 4.10. The molecule has 0 bridgehead atoms. The first-order valence-electron chi connectivity index (χ1n) is 6.16. The number of hydrogen-bond acceptors (Lipinski definition) is 3. The Morgan fingerprint density at radius 3 is 2.45 bits per heavy atom. The van der Waals surface area contributed by atoms with Gasteiger partial charge in [0.1, 0.15) is 0 Å². The van der Waals surface area contributed by atoms with Gasteiger partial charge in [-0.05, 0) is 37.1 Å². The van der Waals surface area contributed by atoms with Crippen LogP contribution >= 0.6 is 0 Å². The maximum absolute atomic E-state index is 11.9. The maximum Gasteiger partial charge on any atom is 0.276 e. The van der Waals surface area contributed by atoms with Crippen molar-refractivity contribution in [1.82, 2.24) is 4.83 Å². The van der Waals surface area contributed by atoms with E-state index in [9.17, 15) is 8.42 Å². The van der Waals surface area contributed by atoms with E-state index in [1.165, 1.54) is 18.3 Å². The van der Waals surface area contributed by atoms with Crippen molar-refractivity contribution in [2.24, 2.45) is 5.10 Å². The van der Waals surface area contributed by atoms with Crippen molar-refractivity contribution in [3.8, 4) is 0 Å². The molecule has 0 unspecified atom stereocenters. The molecule has 4 nitrogen and oxygen atoms in total. The van der Waals surface area contributed by atoms with Crippen LogP contribution in [0.1, 0.15) is 16.7 Å². The van der Waals surface area contributed by atoms with Gasteiger partial charge in [0.15, 0.2) is 0 Å². The van der Waals surface area contributed by atoms with Crippen molar-refractivity contribution < 1.29 is 8.42 Å². The smallest absolute Gasteiger partial charge is 0.200 e. The first-order valence-corrected chi connectivity index (χ1v) is 7.64. The van der Waals surface area contributed by atoms with E-state index < -0.39 is 10.0 Å². The lowest BCUT2D eigenvalue weighted by atomic mass is 10.1. The van der Waals surface area contributed by atoms with Gasteiger partial charge in [0.2, 0.25) is 0 Å². The molecule has 5 heteroatoms. The molecule has 0 saturated heterocycles. The van der Waals surface area contributed by atoms with Crippen LogP contribution in [0, 0.1) is 13.8 Å². The fraction of sp³-hybridized carbons (Fsp3) is 0.133. The molecule has 0 spiro atoms. The van der Waals surface area contributed by atoms with E-state index in [0.717, 1.165) is 16.7 Å². The molecular weight excluding hydrogens is 272 g/mol. The highest BCUT2D eigenvalue weighted by Crippen LogP contribution is 2.09. The summed E-state index contributed by atoms with van der Waals surface area (Å²) in [6.07, 6.45) is 1.52. The highest BCUT2D eigenvalue weighted by molar-refractivity contribution is 7.89. The molecule has 0 aliphatic rings. The first kappa shape index (κ1) is 14.3. The van der Waals surface area contributed by atoms with Crippen LogP contribution in [0.3, 0.4) is 0 Å². The van der Waals surface area contributed by atoms with Gasteiger partial charge in [0.05, 0.1) is 11.1 Å². The Balaban J connectivity index is 2.16. The Labute approximate surface area is 119 Å². The lowest BCUT2D eigenvalue weighted by molar-refractivity contribution is 0.584. The topological polar surface area (TPSA) is 58.5 Å². The fourth-order valence-corrected chi connectivity index (χ4v) is 2.53. The fourth-order valence-electron chi connectivity index (χ4n) is 1.72. The van der Waals surface area contributed by atoms with Crippen LogP contribution in [0.25, 0.3) is 0 Å². The van der Waals surface area contributed by atoms with Gasteiger partial charge in [-0.1, -0.05) is 42.0 Å². The summed E-state index contributed by atoms with van der Waals surface area (Å²) in [7, 11) is -3.60. The molecule has 0 radical (unpaired) electrons. The number of nitrogens with one attached hydrogen (secondary N) is 1. The second kappa shape index (κ2) is 5.88. The van der Waals surface area contributed by atoms with Crippen LogP contribution in [0.4, 0.5) is 0 Å². The Morgan fingerprint density at radius 1 is 1.05 bits per heavy atom. The van der Waals surface area contributed by atoms with E-state index in [4.69, 9.17) is 0 Å². The third-order valence-electron chi connectivity index (χ3n) is 2.86. The molecule has 0 aromatic heterocycles. The summed E-state index contributed by atoms with van der Waals surface area (Å²) in [5.74, 6) is 0. The summed E-state index contributed by atoms with van der Waals surface area (Å²) in [6.45, 7) is 3.93. The number of aryl methyl sites for hydroxylation is 2. The Bertz CT molecular complexity index is 723. The molecule has 0 atom stereocenters. The van der Waals surface area contributed by atoms with Crippen LogP contribution in [-0.4, -0.2) is 14.6 Å². The van der Waals surface area contributed by atoms with Crippen molar-refractivity contribution in [1.29, 1.82) is 0 Å². The molecule has 20 heavy (non-hydrogen) atoms. The molecular formula is C15H16N2O2S. The number of hydrogen-bond donors (Lipinski definition) is 1. The largest absolute Gasteiger partial charge is 0.276 e. The molecule has 0 amide bonds. The van der Waals surface area contributed by atoms with Crippen LogP contribution < -0.4 is 4.83 Å².